The van der Waals surface area contributed by atoms with Gasteiger partial charge in [0.15, 0.2) is 0 Å². The number of hydrogen-bond donors (Lipinski definition) is 2. The van der Waals surface area contributed by atoms with Crippen LogP contribution in [-0.4, -0.2) is 78.9 Å². The predicted molar refractivity (Wildman–Crippen MR) is 77.3 cm³/mol. The van der Waals surface area contributed by atoms with Crippen LogP contribution in [-0.2, 0) is 9.53 Å². The van der Waals surface area contributed by atoms with E-state index in [1.54, 1.807) is 4.90 Å². The molecule has 2 aliphatic rings. The Morgan fingerprint density at radius 2 is 1.81 bits per heavy atom. The number of carboxylic acid groups (broad SMARTS) is 1. The van der Waals surface area contributed by atoms with E-state index >= 15 is 0 Å². The van der Waals surface area contributed by atoms with Gasteiger partial charge < -0.3 is 20.1 Å². The number of carbonyl (C=O) groups is 2. The van der Waals surface area contributed by atoms with Gasteiger partial charge in [-0.1, -0.05) is 12.8 Å². The van der Waals surface area contributed by atoms with Crippen molar-refractivity contribution in [3.63, 3.8) is 0 Å². The molecule has 0 spiro atoms. The average Bonchev–Trinajstić information content (AvgIpc) is 2.97. The van der Waals surface area contributed by atoms with Gasteiger partial charge in [0.2, 0.25) is 0 Å². The third-order valence-corrected chi connectivity index (χ3v) is 4.05. The summed E-state index contributed by atoms with van der Waals surface area (Å²) in [5, 5.41) is 11.6. The summed E-state index contributed by atoms with van der Waals surface area (Å²) in [7, 11) is 0. The van der Waals surface area contributed by atoms with E-state index in [-0.39, 0.29) is 12.6 Å². The third kappa shape index (κ3) is 5.51. The summed E-state index contributed by atoms with van der Waals surface area (Å²) in [4.78, 5) is 26.1. The van der Waals surface area contributed by atoms with Gasteiger partial charge >= 0.3 is 12.0 Å². The topological polar surface area (TPSA) is 82.1 Å². The number of nitrogens with zero attached hydrogens (tertiary/aromatic N) is 2. The van der Waals surface area contributed by atoms with Gasteiger partial charge in [0.25, 0.3) is 0 Å². The molecule has 0 aromatic rings. The van der Waals surface area contributed by atoms with Crippen LogP contribution in [0.4, 0.5) is 4.79 Å². The van der Waals surface area contributed by atoms with Crippen LogP contribution in [0.2, 0.25) is 0 Å². The van der Waals surface area contributed by atoms with Crippen LogP contribution in [0.15, 0.2) is 0 Å². The predicted octanol–water partition coefficient (Wildman–Crippen LogP) is 0.357. The molecule has 0 aromatic carbocycles. The maximum Gasteiger partial charge on any atom is 0.317 e. The molecule has 2 amide bonds. The highest BCUT2D eigenvalue weighted by molar-refractivity contribution is 5.74. The molecule has 0 unspecified atom stereocenters. The van der Waals surface area contributed by atoms with Gasteiger partial charge in [-0.05, 0) is 12.8 Å². The Morgan fingerprint density at radius 1 is 1.14 bits per heavy atom. The molecule has 1 saturated heterocycles. The van der Waals surface area contributed by atoms with E-state index in [4.69, 9.17) is 9.84 Å². The first-order valence-electron chi connectivity index (χ1n) is 7.73. The van der Waals surface area contributed by atoms with Crippen molar-refractivity contribution in [2.24, 2.45) is 0 Å². The Balaban J connectivity index is 1.55. The van der Waals surface area contributed by atoms with Gasteiger partial charge in [-0.2, -0.15) is 0 Å². The van der Waals surface area contributed by atoms with Gasteiger partial charge in [-0.3, -0.25) is 9.69 Å². The molecule has 1 aliphatic carbocycles. The minimum atomic E-state index is -0.822. The fourth-order valence-corrected chi connectivity index (χ4v) is 2.85. The van der Waals surface area contributed by atoms with E-state index in [9.17, 15) is 9.59 Å². The van der Waals surface area contributed by atoms with Crippen LogP contribution in [0.25, 0.3) is 0 Å². The molecular formula is C14H25N3O4. The lowest BCUT2D eigenvalue weighted by Crippen LogP contribution is -2.53. The summed E-state index contributed by atoms with van der Waals surface area (Å²) in [6.07, 6.45) is 5.15. The average molecular weight is 299 g/mol. The molecule has 7 heteroatoms. The maximum absolute atomic E-state index is 11.9. The normalized spacial score (nSPS) is 20.7. The minimum Gasteiger partial charge on any atom is -0.480 e. The van der Waals surface area contributed by atoms with E-state index in [1.165, 1.54) is 12.8 Å². The zero-order valence-corrected chi connectivity index (χ0v) is 12.4. The molecule has 120 valence electrons. The first kappa shape index (κ1) is 16.0. The zero-order valence-electron chi connectivity index (χ0n) is 12.4. The molecule has 2 fully saturated rings. The number of aliphatic carboxylic acids is 1. The van der Waals surface area contributed by atoms with Crippen LogP contribution >= 0.6 is 0 Å². The summed E-state index contributed by atoms with van der Waals surface area (Å²) in [6.45, 7) is 3.51. The molecule has 1 heterocycles. The van der Waals surface area contributed by atoms with Crippen molar-refractivity contribution < 1.29 is 19.4 Å². The van der Waals surface area contributed by atoms with Crippen LogP contribution in [0.3, 0.4) is 0 Å². The lowest BCUT2D eigenvalue weighted by atomic mass is 10.3. The van der Waals surface area contributed by atoms with E-state index < -0.39 is 5.97 Å². The van der Waals surface area contributed by atoms with E-state index in [0.29, 0.717) is 45.4 Å². The van der Waals surface area contributed by atoms with Crippen molar-refractivity contribution in [1.82, 2.24) is 15.1 Å². The Labute approximate surface area is 125 Å². The molecule has 0 radical (unpaired) electrons. The number of rotatable bonds is 6. The molecule has 7 nitrogen and oxygen atoms in total. The first-order valence-corrected chi connectivity index (χ1v) is 7.73. The van der Waals surface area contributed by atoms with Gasteiger partial charge in [-0.15, -0.1) is 0 Å². The SMILES string of the molecule is O=C(O)CN1CCN(C(=O)NCCOC2CCCC2)CC1. The monoisotopic (exact) mass is 299 g/mol. The van der Waals surface area contributed by atoms with Crippen molar-refractivity contribution in [1.29, 1.82) is 0 Å². The summed E-state index contributed by atoms with van der Waals surface area (Å²) in [5.74, 6) is -0.822. The fourth-order valence-electron chi connectivity index (χ4n) is 2.85. The summed E-state index contributed by atoms with van der Waals surface area (Å²) < 4.78 is 5.69. The Bertz CT molecular complexity index is 350. The van der Waals surface area contributed by atoms with Crippen molar-refractivity contribution >= 4 is 12.0 Å². The molecule has 1 aliphatic heterocycles. The number of amides is 2. The number of piperazine rings is 1. The van der Waals surface area contributed by atoms with Crippen molar-refractivity contribution in [2.75, 3.05) is 45.9 Å². The number of carboxylic acids is 1. The third-order valence-electron chi connectivity index (χ3n) is 4.05. The van der Waals surface area contributed by atoms with Gasteiger partial charge in [-0.25, -0.2) is 4.79 Å². The Morgan fingerprint density at radius 3 is 2.43 bits per heavy atom. The number of carbonyl (C=O) groups excluding carboxylic acids is 1. The second kappa shape index (κ2) is 8.19. The van der Waals surface area contributed by atoms with Crippen LogP contribution in [0.1, 0.15) is 25.7 Å². The highest BCUT2D eigenvalue weighted by Crippen LogP contribution is 2.20. The van der Waals surface area contributed by atoms with E-state index in [1.807, 2.05) is 4.90 Å². The largest absolute Gasteiger partial charge is 0.480 e. The quantitative estimate of drug-likeness (QED) is 0.692. The zero-order chi connectivity index (χ0) is 15.1. The van der Waals surface area contributed by atoms with Gasteiger partial charge in [0.05, 0.1) is 19.3 Å². The molecule has 0 bridgehead atoms. The van der Waals surface area contributed by atoms with Gasteiger partial charge in [0.1, 0.15) is 0 Å². The number of nitrogens with one attached hydrogen (secondary N) is 1. The highest BCUT2D eigenvalue weighted by atomic mass is 16.5. The molecular weight excluding hydrogens is 274 g/mol. The van der Waals surface area contributed by atoms with Crippen molar-refractivity contribution in [2.45, 2.75) is 31.8 Å². The molecule has 0 aromatic heterocycles. The van der Waals surface area contributed by atoms with Crippen LogP contribution in [0.5, 0.6) is 0 Å². The highest BCUT2D eigenvalue weighted by Gasteiger charge is 2.22. The first-order chi connectivity index (χ1) is 10.1. The van der Waals surface area contributed by atoms with Crippen molar-refractivity contribution in [3.05, 3.63) is 0 Å². The van der Waals surface area contributed by atoms with Crippen LogP contribution in [0, 0.1) is 0 Å². The fraction of sp³-hybridized carbons (Fsp3) is 0.857. The van der Waals surface area contributed by atoms with Crippen LogP contribution < -0.4 is 5.32 Å². The molecule has 21 heavy (non-hydrogen) atoms. The van der Waals surface area contributed by atoms with E-state index in [2.05, 4.69) is 5.32 Å². The number of ether oxygens (including phenoxy) is 1. The molecule has 1 saturated carbocycles. The second-order valence-corrected chi connectivity index (χ2v) is 5.67. The number of hydrogen-bond acceptors (Lipinski definition) is 4. The standard InChI is InChI=1S/C14H25N3O4/c18-13(19)11-16-6-8-17(9-7-16)14(20)15-5-10-21-12-3-1-2-4-12/h12H,1-11H2,(H,15,20)(H,18,19). The summed E-state index contributed by atoms with van der Waals surface area (Å²) in [6, 6.07) is -0.0833. The minimum absolute atomic E-state index is 0.0463. The summed E-state index contributed by atoms with van der Waals surface area (Å²) in [5.41, 5.74) is 0. The summed E-state index contributed by atoms with van der Waals surface area (Å²) >= 11 is 0. The maximum atomic E-state index is 11.9. The molecule has 2 N–H and O–H groups in total. The molecule has 0 atom stereocenters. The Kier molecular flexibility index (Phi) is 6.25. The Hall–Kier alpha value is -1.34. The van der Waals surface area contributed by atoms with Gasteiger partial charge in [0, 0.05) is 32.7 Å². The lowest BCUT2D eigenvalue weighted by Gasteiger charge is -2.33. The molecule has 2 rings (SSSR count). The smallest absolute Gasteiger partial charge is 0.317 e. The second-order valence-electron chi connectivity index (χ2n) is 5.67. The lowest BCUT2D eigenvalue weighted by molar-refractivity contribution is -0.138. The van der Waals surface area contributed by atoms with Crippen molar-refractivity contribution in [3.8, 4) is 0 Å². The number of urea groups is 1. The van der Waals surface area contributed by atoms with E-state index in [0.717, 1.165) is 12.8 Å².